The number of non-ortho nitro benzene ring substituents is 1. The molecule has 1 aromatic carbocycles. The zero-order valence-electron chi connectivity index (χ0n) is 10.5. The topological polar surface area (TPSA) is 108 Å². The van der Waals surface area contributed by atoms with Crippen molar-refractivity contribution < 1.29 is 14.8 Å². The summed E-state index contributed by atoms with van der Waals surface area (Å²) in [5.74, 6) is -0.875. The van der Waals surface area contributed by atoms with Crippen molar-refractivity contribution in [3.8, 4) is 5.75 Å². The largest absolute Gasteiger partial charge is 0.507 e. The Bertz CT molecular complexity index is 623. The van der Waals surface area contributed by atoms with Crippen molar-refractivity contribution in [1.82, 2.24) is 10.3 Å². The molecule has 0 saturated heterocycles. The Morgan fingerprint density at radius 3 is 2.80 bits per heavy atom. The number of amides is 1. The molecule has 0 saturated carbocycles. The van der Waals surface area contributed by atoms with Crippen LogP contribution in [0.5, 0.6) is 5.75 Å². The van der Waals surface area contributed by atoms with Gasteiger partial charge in [-0.1, -0.05) is 0 Å². The van der Waals surface area contributed by atoms with E-state index in [2.05, 4.69) is 10.3 Å². The Kier molecular flexibility index (Phi) is 3.99. The maximum absolute atomic E-state index is 11.8. The second-order valence-electron chi connectivity index (χ2n) is 4.16. The summed E-state index contributed by atoms with van der Waals surface area (Å²) >= 11 is 0. The number of aromatic amines is 1. The molecule has 3 N–H and O–H groups in total. The summed E-state index contributed by atoms with van der Waals surface area (Å²) in [5.41, 5.74) is 0.741. The molecule has 0 fully saturated rings. The molecule has 0 aliphatic carbocycles. The number of phenolic OH excluding ortho intramolecular Hbond substituents is 1. The molecule has 7 heteroatoms. The van der Waals surface area contributed by atoms with E-state index in [9.17, 15) is 20.0 Å². The van der Waals surface area contributed by atoms with Gasteiger partial charge in [0.25, 0.3) is 11.6 Å². The predicted octanol–water partition coefficient (Wildman–Crippen LogP) is 1.60. The van der Waals surface area contributed by atoms with Crippen LogP contribution in [0.15, 0.2) is 36.5 Å². The Labute approximate surface area is 114 Å². The molecule has 2 rings (SSSR count). The van der Waals surface area contributed by atoms with Crippen LogP contribution >= 0.6 is 0 Å². The van der Waals surface area contributed by atoms with Crippen LogP contribution in [0.2, 0.25) is 0 Å². The summed E-state index contributed by atoms with van der Waals surface area (Å²) in [5, 5.41) is 22.8. The van der Waals surface area contributed by atoms with Crippen LogP contribution in [-0.2, 0) is 6.42 Å². The van der Waals surface area contributed by atoms with Crippen LogP contribution in [0.1, 0.15) is 16.1 Å². The summed E-state index contributed by atoms with van der Waals surface area (Å²) in [6.45, 7) is 0.399. The number of nitrogens with one attached hydrogen (secondary N) is 2. The van der Waals surface area contributed by atoms with Crippen LogP contribution < -0.4 is 5.32 Å². The Morgan fingerprint density at radius 2 is 2.20 bits per heavy atom. The number of rotatable bonds is 5. The fraction of sp³-hybridized carbons (Fsp3) is 0.154. The first kappa shape index (κ1) is 13.6. The average molecular weight is 275 g/mol. The highest BCUT2D eigenvalue weighted by molar-refractivity contribution is 5.97. The van der Waals surface area contributed by atoms with Gasteiger partial charge in [0, 0.05) is 30.9 Å². The molecular formula is C13H13N3O4. The van der Waals surface area contributed by atoms with Gasteiger partial charge in [0.2, 0.25) is 0 Å². The Balaban J connectivity index is 1.97. The van der Waals surface area contributed by atoms with E-state index in [1.807, 2.05) is 12.1 Å². The van der Waals surface area contributed by atoms with Gasteiger partial charge in [-0.2, -0.15) is 0 Å². The van der Waals surface area contributed by atoms with Crippen LogP contribution in [0.25, 0.3) is 0 Å². The second-order valence-corrected chi connectivity index (χ2v) is 4.16. The van der Waals surface area contributed by atoms with E-state index in [4.69, 9.17) is 0 Å². The predicted molar refractivity (Wildman–Crippen MR) is 71.6 cm³/mol. The normalized spacial score (nSPS) is 10.2. The number of benzene rings is 1. The highest BCUT2D eigenvalue weighted by Gasteiger charge is 2.15. The number of carbonyl (C=O) groups excluding carboxylic acids is 1. The first-order valence-electron chi connectivity index (χ1n) is 5.96. The van der Waals surface area contributed by atoms with Crippen LogP contribution in [0, 0.1) is 10.1 Å². The maximum Gasteiger partial charge on any atom is 0.273 e. The van der Waals surface area contributed by atoms with Crippen molar-refractivity contribution in [2.24, 2.45) is 0 Å². The molecule has 0 aliphatic heterocycles. The fourth-order valence-corrected chi connectivity index (χ4v) is 1.75. The van der Waals surface area contributed by atoms with Gasteiger partial charge in [-0.25, -0.2) is 0 Å². The lowest BCUT2D eigenvalue weighted by Crippen LogP contribution is -2.25. The molecule has 7 nitrogen and oxygen atoms in total. The first-order chi connectivity index (χ1) is 9.58. The molecule has 104 valence electrons. The van der Waals surface area contributed by atoms with Crippen molar-refractivity contribution in [2.45, 2.75) is 6.42 Å². The molecule has 2 aromatic rings. The highest BCUT2D eigenvalue weighted by Crippen LogP contribution is 2.23. The number of aromatic hydroxyl groups is 1. The minimum Gasteiger partial charge on any atom is -0.507 e. The summed E-state index contributed by atoms with van der Waals surface area (Å²) in [7, 11) is 0. The standard InChI is InChI=1S/C13H13N3O4/c17-12-8-10(16(19)20)3-4-11(12)13(18)15-7-5-9-2-1-6-14-9/h1-4,6,8,14,17H,5,7H2,(H,15,18). The smallest absolute Gasteiger partial charge is 0.273 e. The highest BCUT2D eigenvalue weighted by atomic mass is 16.6. The maximum atomic E-state index is 11.8. The van der Waals surface area contributed by atoms with Crippen molar-refractivity contribution in [2.75, 3.05) is 6.54 Å². The van der Waals surface area contributed by atoms with E-state index in [0.29, 0.717) is 13.0 Å². The third-order valence-corrected chi connectivity index (χ3v) is 2.78. The number of hydrogen-bond acceptors (Lipinski definition) is 4. The molecule has 1 heterocycles. The number of nitro groups is 1. The number of phenols is 1. The number of carbonyl (C=O) groups is 1. The summed E-state index contributed by atoms with van der Waals surface area (Å²) in [6.07, 6.45) is 2.42. The Hall–Kier alpha value is -2.83. The molecule has 20 heavy (non-hydrogen) atoms. The van der Waals surface area contributed by atoms with Gasteiger partial charge >= 0.3 is 0 Å². The van der Waals surface area contributed by atoms with Gasteiger partial charge in [0.15, 0.2) is 0 Å². The third-order valence-electron chi connectivity index (χ3n) is 2.78. The number of nitro benzene ring substituents is 1. The van der Waals surface area contributed by atoms with E-state index in [1.165, 1.54) is 12.1 Å². The van der Waals surface area contributed by atoms with Gasteiger partial charge in [0.05, 0.1) is 16.6 Å². The van der Waals surface area contributed by atoms with E-state index in [0.717, 1.165) is 11.8 Å². The van der Waals surface area contributed by atoms with Crippen molar-refractivity contribution >= 4 is 11.6 Å². The molecule has 0 atom stereocenters. The number of nitrogens with zero attached hydrogens (tertiary/aromatic N) is 1. The number of H-pyrrole nitrogens is 1. The molecule has 0 unspecified atom stereocenters. The SMILES string of the molecule is O=C(NCCc1ccc[nH]1)c1ccc([N+](=O)[O-])cc1O. The van der Waals surface area contributed by atoms with E-state index in [1.54, 1.807) is 6.20 Å². The molecule has 1 amide bonds. The summed E-state index contributed by atoms with van der Waals surface area (Å²) in [6, 6.07) is 7.13. The number of aromatic nitrogens is 1. The van der Waals surface area contributed by atoms with E-state index < -0.39 is 16.6 Å². The van der Waals surface area contributed by atoms with Gasteiger partial charge in [-0.3, -0.25) is 14.9 Å². The molecule has 0 aliphatic rings. The first-order valence-corrected chi connectivity index (χ1v) is 5.96. The fourth-order valence-electron chi connectivity index (χ4n) is 1.75. The zero-order chi connectivity index (χ0) is 14.5. The molecule has 0 bridgehead atoms. The van der Waals surface area contributed by atoms with Crippen molar-refractivity contribution in [3.05, 3.63) is 57.9 Å². The monoisotopic (exact) mass is 275 g/mol. The van der Waals surface area contributed by atoms with Crippen LogP contribution in [0.4, 0.5) is 5.69 Å². The Morgan fingerprint density at radius 1 is 1.40 bits per heavy atom. The van der Waals surface area contributed by atoms with Crippen LogP contribution in [0.3, 0.4) is 0 Å². The van der Waals surface area contributed by atoms with Crippen molar-refractivity contribution in [1.29, 1.82) is 0 Å². The zero-order valence-corrected chi connectivity index (χ0v) is 10.5. The lowest BCUT2D eigenvalue weighted by atomic mass is 10.1. The van der Waals surface area contributed by atoms with Crippen LogP contribution in [-0.4, -0.2) is 27.5 Å². The average Bonchev–Trinajstić information content (AvgIpc) is 2.91. The third kappa shape index (κ3) is 3.14. The minimum absolute atomic E-state index is 0.0158. The molecular weight excluding hydrogens is 262 g/mol. The lowest BCUT2D eigenvalue weighted by Gasteiger charge is -2.06. The lowest BCUT2D eigenvalue weighted by molar-refractivity contribution is -0.384. The quantitative estimate of drug-likeness (QED) is 0.568. The van der Waals surface area contributed by atoms with Gasteiger partial charge in [-0.05, 0) is 18.2 Å². The van der Waals surface area contributed by atoms with Gasteiger partial charge < -0.3 is 15.4 Å². The molecule has 0 radical (unpaired) electrons. The van der Waals surface area contributed by atoms with Gasteiger partial charge in [-0.15, -0.1) is 0 Å². The van der Waals surface area contributed by atoms with Gasteiger partial charge in [0.1, 0.15) is 5.75 Å². The minimum atomic E-state index is -0.632. The molecule has 1 aromatic heterocycles. The van der Waals surface area contributed by atoms with E-state index >= 15 is 0 Å². The second kappa shape index (κ2) is 5.87. The van der Waals surface area contributed by atoms with Crippen molar-refractivity contribution in [3.63, 3.8) is 0 Å². The number of hydrogen-bond donors (Lipinski definition) is 3. The summed E-state index contributed by atoms with van der Waals surface area (Å²) < 4.78 is 0. The molecule has 0 spiro atoms. The van der Waals surface area contributed by atoms with E-state index in [-0.39, 0.29) is 11.3 Å². The summed E-state index contributed by atoms with van der Waals surface area (Å²) in [4.78, 5) is 24.7.